The highest BCUT2D eigenvalue weighted by Crippen LogP contribution is 2.43. The highest BCUT2D eigenvalue weighted by Gasteiger charge is 2.18. The van der Waals surface area contributed by atoms with Crippen LogP contribution in [-0.2, 0) is 0 Å². The molecule has 48 heavy (non-hydrogen) atoms. The molecule has 0 aliphatic rings. The van der Waals surface area contributed by atoms with Gasteiger partial charge in [-0.05, 0) is 84.9 Å². The van der Waals surface area contributed by atoms with E-state index in [9.17, 15) is 5.26 Å². The second-order valence-electron chi connectivity index (χ2n) is 12.5. The molecule has 0 N–H and O–H groups in total. The van der Waals surface area contributed by atoms with Crippen LogP contribution >= 0.6 is 22.7 Å². The van der Waals surface area contributed by atoms with Crippen molar-refractivity contribution in [3.8, 4) is 17.4 Å². The summed E-state index contributed by atoms with van der Waals surface area (Å²) in [4.78, 5) is 0. The summed E-state index contributed by atoms with van der Waals surface area (Å²) in [6.07, 6.45) is 0. The normalized spacial score (nSPS) is 12.1. The van der Waals surface area contributed by atoms with E-state index in [1.54, 1.807) is 0 Å². The summed E-state index contributed by atoms with van der Waals surface area (Å²) in [6, 6.07) is 52.9. The third kappa shape index (κ3) is 3.51. The number of para-hydroxylation sites is 2. The van der Waals surface area contributed by atoms with E-state index >= 15 is 0 Å². The number of nitrogens with zero attached hydrogens (tertiary/aromatic N) is 3. The van der Waals surface area contributed by atoms with Gasteiger partial charge in [0, 0.05) is 73.3 Å². The van der Waals surface area contributed by atoms with Gasteiger partial charge in [-0.3, -0.25) is 0 Å². The van der Waals surface area contributed by atoms with Gasteiger partial charge in [0.25, 0.3) is 0 Å². The van der Waals surface area contributed by atoms with Gasteiger partial charge in [0.2, 0.25) is 0 Å². The molecule has 0 fully saturated rings. The lowest BCUT2D eigenvalue weighted by Gasteiger charge is -2.10. The molecule has 0 radical (unpaired) electrons. The zero-order chi connectivity index (χ0) is 31.5. The van der Waals surface area contributed by atoms with Crippen molar-refractivity contribution >= 4 is 107 Å². The smallest absolute Gasteiger partial charge is 0.0991 e. The summed E-state index contributed by atoms with van der Waals surface area (Å²) in [5.74, 6) is 0. The Morgan fingerprint density at radius 3 is 1.58 bits per heavy atom. The van der Waals surface area contributed by atoms with E-state index in [0.29, 0.717) is 5.56 Å². The molecule has 0 atom stereocenters. The maximum Gasteiger partial charge on any atom is 0.0991 e. The van der Waals surface area contributed by atoms with Crippen molar-refractivity contribution in [3.63, 3.8) is 0 Å². The first-order valence-corrected chi connectivity index (χ1v) is 17.6. The van der Waals surface area contributed by atoms with Crippen LogP contribution in [0.3, 0.4) is 0 Å². The van der Waals surface area contributed by atoms with Crippen LogP contribution in [0.25, 0.3) is 95.3 Å². The fraction of sp³-hybridized carbons (Fsp3) is 0. The molecule has 0 aliphatic heterocycles. The van der Waals surface area contributed by atoms with Crippen LogP contribution in [0, 0.1) is 11.3 Å². The minimum Gasteiger partial charge on any atom is -0.309 e. The number of hydrogen-bond donors (Lipinski definition) is 0. The Hall–Kier alpha value is -5.93. The van der Waals surface area contributed by atoms with E-state index in [1.165, 1.54) is 67.8 Å². The molecule has 4 heterocycles. The topological polar surface area (TPSA) is 33.6 Å². The van der Waals surface area contributed by atoms with Crippen LogP contribution in [0.1, 0.15) is 5.56 Å². The predicted molar refractivity (Wildman–Crippen MR) is 206 cm³/mol. The second kappa shape index (κ2) is 9.56. The molecule has 3 nitrogen and oxygen atoms in total. The average molecular weight is 646 g/mol. The standard InChI is InChI=1S/C43H23N3S2/c44-24-25-13-16-38-31(19-25)28-7-1-4-10-36(28)45(38)26-14-17-41-33(20-26)34-21-27(15-18-42(34)47-41)46-37-11-5-2-8-29(37)32-22-35-30-9-3-6-12-40(30)48-43(35)23-39(32)46/h1-23H. The van der Waals surface area contributed by atoms with E-state index in [1.807, 2.05) is 34.8 Å². The van der Waals surface area contributed by atoms with Gasteiger partial charge in [0.1, 0.15) is 0 Å². The van der Waals surface area contributed by atoms with Crippen LogP contribution < -0.4 is 0 Å². The predicted octanol–water partition coefficient (Wildman–Crippen LogP) is 12.5. The van der Waals surface area contributed by atoms with Crippen molar-refractivity contribution < 1.29 is 0 Å². The molecular formula is C43H23N3S2. The number of rotatable bonds is 2. The number of nitriles is 1. The molecule has 0 amide bonds. The molecule has 0 aliphatic carbocycles. The van der Waals surface area contributed by atoms with Crippen molar-refractivity contribution in [3.05, 3.63) is 145 Å². The zero-order valence-electron chi connectivity index (χ0n) is 25.4. The van der Waals surface area contributed by atoms with Gasteiger partial charge in [-0.15, -0.1) is 22.7 Å². The van der Waals surface area contributed by atoms with Crippen molar-refractivity contribution in [1.82, 2.24) is 9.13 Å². The fourth-order valence-corrected chi connectivity index (χ4v) is 10.0. The average Bonchev–Trinajstić information content (AvgIpc) is 3.87. The maximum atomic E-state index is 9.62. The van der Waals surface area contributed by atoms with Crippen molar-refractivity contribution in [1.29, 1.82) is 5.26 Å². The minimum absolute atomic E-state index is 0.676. The Balaban J connectivity index is 1.17. The summed E-state index contributed by atoms with van der Waals surface area (Å²) < 4.78 is 9.97. The van der Waals surface area contributed by atoms with Gasteiger partial charge in [-0.25, -0.2) is 0 Å². The quantitative estimate of drug-likeness (QED) is 0.184. The van der Waals surface area contributed by atoms with Gasteiger partial charge >= 0.3 is 0 Å². The molecule has 7 aromatic carbocycles. The highest BCUT2D eigenvalue weighted by atomic mass is 32.1. The van der Waals surface area contributed by atoms with Gasteiger partial charge < -0.3 is 9.13 Å². The number of aromatic nitrogens is 2. The number of hydrogen-bond acceptors (Lipinski definition) is 3. The monoisotopic (exact) mass is 645 g/mol. The van der Waals surface area contributed by atoms with Gasteiger partial charge in [0.05, 0.1) is 33.7 Å². The molecule has 0 saturated heterocycles. The number of thiophene rings is 2. The second-order valence-corrected chi connectivity index (χ2v) is 14.6. The molecule has 11 aromatic rings. The molecule has 0 unspecified atom stereocenters. The first kappa shape index (κ1) is 26.2. The summed E-state index contributed by atoms with van der Waals surface area (Å²) in [6.45, 7) is 0. The SMILES string of the molecule is N#Cc1ccc2c(c1)c1ccccc1n2-c1ccc2sc3ccc(-n4c5ccccc5c5cc6c(cc54)sc4ccccc46)cc3c2c1. The summed E-state index contributed by atoms with van der Waals surface area (Å²) >= 11 is 3.71. The lowest BCUT2D eigenvalue weighted by atomic mass is 10.1. The van der Waals surface area contributed by atoms with Gasteiger partial charge in [-0.1, -0.05) is 54.6 Å². The number of fused-ring (bicyclic) bond motifs is 12. The molecule has 0 saturated carbocycles. The van der Waals surface area contributed by atoms with Crippen LogP contribution in [-0.4, -0.2) is 9.13 Å². The first-order chi connectivity index (χ1) is 23.7. The lowest BCUT2D eigenvalue weighted by molar-refractivity contribution is 1.18. The van der Waals surface area contributed by atoms with Crippen LogP contribution in [0.4, 0.5) is 0 Å². The van der Waals surface area contributed by atoms with Crippen molar-refractivity contribution in [2.24, 2.45) is 0 Å². The largest absolute Gasteiger partial charge is 0.309 e. The third-order valence-electron chi connectivity index (χ3n) is 9.93. The Labute approximate surface area is 282 Å². The van der Waals surface area contributed by atoms with Crippen LogP contribution in [0.2, 0.25) is 0 Å². The van der Waals surface area contributed by atoms with E-state index in [0.717, 1.165) is 27.5 Å². The van der Waals surface area contributed by atoms with E-state index in [2.05, 4.69) is 143 Å². The van der Waals surface area contributed by atoms with E-state index in [-0.39, 0.29) is 0 Å². The van der Waals surface area contributed by atoms with Crippen LogP contribution in [0.15, 0.2) is 140 Å². The van der Waals surface area contributed by atoms with Gasteiger partial charge in [0.15, 0.2) is 0 Å². The maximum absolute atomic E-state index is 9.62. The molecule has 11 rings (SSSR count). The summed E-state index contributed by atoms with van der Waals surface area (Å²) in [5.41, 5.74) is 7.66. The summed E-state index contributed by atoms with van der Waals surface area (Å²) in [7, 11) is 0. The fourth-order valence-electron chi connectivity index (χ4n) is 7.82. The summed E-state index contributed by atoms with van der Waals surface area (Å²) in [5, 5.41) is 19.6. The lowest BCUT2D eigenvalue weighted by Crippen LogP contribution is -1.94. The Morgan fingerprint density at radius 2 is 0.896 bits per heavy atom. The molecule has 0 bridgehead atoms. The van der Waals surface area contributed by atoms with Gasteiger partial charge in [-0.2, -0.15) is 5.26 Å². The molecule has 222 valence electrons. The first-order valence-electron chi connectivity index (χ1n) is 16.0. The minimum atomic E-state index is 0.676. The molecule has 5 heteroatoms. The Kier molecular flexibility index (Phi) is 5.21. The van der Waals surface area contributed by atoms with Crippen molar-refractivity contribution in [2.75, 3.05) is 0 Å². The highest BCUT2D eigenvalue weighted by molar-refractivity contribution is 7.26. The van der Waals surface area contributed by atoms with E-state index < -0.39 is 0 Å². The molecule has 0 spiro atoms. The Morgan fingerprint density at radius 1 is 0.375 bits per heavy atom. The zero-order valence-corrected chi connectivity index (χ0v) is 27.1. The third-order valence-corrected chi connectivity index (χ3v) is 12.2. The molecular weight excluding hydrogens is 623 g/mol. The Bertz CT molecular complexity index is 3200. The molecule has 4 aromatic heterocycles. The van der Waals surface area contributed by atoms with E-state index in [4.69, 9.17) is 0 Å². The van der Waals surface area contributed by atoms with Crippen molar-refractivity contribution in [2.45, 2.75) is 0 Å². The van der Waals surface area contributed by atoms with Crippen LogP contribution in [0.5, 0.6) is 0 Å². The number of benzene rings is 7.